The van der Waals surface area contributed by atoms with Crippen LogP contribution < -0.4 is 5.32 Å². The van der Waals surface area contributed by atoms with Gasteiger partial charge in [-0.3, -0.25) is 14.4 Å². The molecule has 9 atom stereocenters. The van der Waals surface area contributed by atoms with Gasteiger partial charge in [-0.25, -0.2) is 0 Å². The zero-order valence-corrected chi connectivity index (χ0v) is 36.9. The average molecular weight is 782 g/mol. The van der Waals surface area contributed by atoms with E-state index in [1.165, 1.54) is 154 Å². The summed E-state index contributed by atoms with van der Waals surface area (Å²) in [4.78, 5) is 36.0. The number of amides is 1. The van der Waals surface area contributed by atoms with Gasteiger partial charge in [0.1, 0.15) is 12.6 Å². The summed E-state index contributed by atoms with van der Waals surface area (Å²) in [6.45, 7) is 9.49. The van der Waals surface area contributed by atoms with Crippen molar-refractivity contribution < 1.29 is 24.2 Å². The molecule has 0 aliphatic heterocycles. The highest BCUT2D eigenvalue weighted by Gasteiger charge is 2.60. The van der Waals surface area contributed by atoms with Crippen LogP contribution in [0.5, 0.6) is 0 Å². The standard InChI is InChI=1S/C50H87NO5/c1-5-6-7-8-9-10-11-12-13-14-15-16-17-18-19-20-21-22-23-24-25-26-48(55)56-41-33-35-49(3)40(37-41)28-29-42-44-31-30-43(50(44,4)36-34-45(42)49)39(2)27-32-46(52)51-38-47(53)54/h14-15,39-45H,5-13,16-38H2,1-4H3,(H,51,52)(H,53,54)/b15-14-. The lowest BCUT2D eigenvalue weighted by molar-refractivity contribution is -0.162. The van der Waals surface area contributed by atoms with Crippen LogP contribution >= 0.6 is 0 Å². The Kier molecular flexibility index (Phi) is 20.8. The molecule has 1 amide bonds. The predicted octanol–water partition coefficient (Wildman–Crippen LogP) is 13.6. The van der Waals surface area contributed by atoms with Gasteiger partial charge in [0, 0.05) is 12.8 Å². The van der Waals surface area contributed by atoms with Crippen LogP contribution in [0.15, 0.2) is 12.2 Å². The lowest BCUT2D eigenvalue weighted by atomic mass is 9.44. The monoisotopic (exact) mass is 782 g/mol. The van der Waals surface area contributed by atoms with E-state index in [1.807, 2.05) is 0 Å². The summed E-state index contributed by atoms with van der Waals surface area (Å²) in [6, 6.07) is 0. The first kappa shape index (κ1) is 46.8. The molecule has 4 fully saturated rings. The SMILES string of the molecule is CCCCCCCCCC/C=C\CCCCCCCCCCCC(=O)OC1CCC2(C)C(CCC3C2CCC2(C)C(C(C)CCC(=O)NCC(=O)O)CCC32)C1. The highest BCUT2D eigenvalue weighted by Crippen LogP contribution is 2.68. The molecule has 0 aromatic carbocycles. The molecular formula is C50H87NO5. The number of carbonyl (C=O) groups excluding carboxylic acids is 2. The average Bonchev–Trinajstić information content (AvgIpc) is 3.54. The second-order valence-corrected chi connectivity index (χ2v) is 19.9. The van der Waals surface area contributed by atoms with E-state index in [0.29, 0.717) is 41.4 Å². The Morgan fingerprint density at radius 2 is 1.27 bits per heavy atom. The Morgan fingerprint density at radius 1 is 0.696 bits per heavy atom. The molecule has 322 valence electrons. The summed E-state index contributed by atoms with van der Waals surface area (Å²) >= 11 is 0. The number of unbranched alkanes of at least 4 members (excludes halogenated alkanes) is 17. The van der Waals surface area contributed by atoms with Gasteiger partial charge in [-0.05, 0) is 143 Å². The fourth-order valence-corrected chi connectivity index (χ4v) is 12.8. The van der Waals surface area contributed by atoms with Gasteiger partial charge < -0.3 is 15.2 Å². The maximum atomic E-state index is 12.9. The minimum absolute atomic E-state index is 0.0399. The molecule has 0 aromatic heterocycles. The zero-order chi connectivity index (χ0) is 40.2. The van der Waals surface area contributed by atoms with E-state index in [2.05, 4.69) is 45.2 Å². The number of esters is 1. The fourth-order valence-electron chi connectivity index (χ4n) is 12.8. The molecule has 0 bridgehead atoms. The quantitative estimate of drug-likeness (QED) is 0.0468. The molecule has 9 unspecified atom stereocenters. The Hall–Kier alpha value is -1.85. The van der Waals surface area contributed by atoms with Crippen molar-refractivity contribution in [2.45, 2.75) is 233 Å². The number of carboxylic acids is 1. The lowest BCUT2D eigenvalue weighted by Crippen LogP contribution is -2.54. The van der Waals surface area contributed by atoms with E-state index in [4.69, 9.17) is 9.84 Å². The van der Waals surface area contributed by atoms with Crippen LogP contribution in [0.4, 0.5) is 0 Å². The van der Waals surface area contributed by atoms with Crippen molar-refractivity contribution in [3.63, 3.8) is 0 Å². The highest BCUT2D eigenvalue weighted by molar-refractivity contribution is 5.81. The third kappa shape index (κ3) is 14.5. The Labute approximate surface area is 344 Å². The summed E-state index contributed by atoms with van der Waals surface area (Å²) in [5, 5.41) is 11.4. The van der Waals surface area contributed by atoms with Crippen LogP contribution in [0.1, 0.15) is 227 Å². The van der Waals surface area contributed by atoms with E-state index in [1.54, 1.807) is 0 Å². The van der Waals surface area contributed by atoms with Crippen molar-refractivity contribution in [3.05, 3.63) is 12.2 Å². The first-order chi connectivity index (χ1) is 27.1. The zero-order valence-electron chi connectivity index (χ0n) is 36.9. The van der Waals surface area contributed by atoms with Gasteiger partial charge in [0.15, 0.2) is 0 Å². The third-order valence-corrected chi connectivity index (χ3v) is 16.1. The number of aliphatic carboxylic acids is 1. The van der Waals surface area contributed by atoms with E-state index in [-0.39, 0.29) is 24.5 Å². The van der Waals surface area contributed by atoms with Gasteiger partial charge in [-0.2, -0.15) is 0 Å². The second-order valence-electron chi connectivity index (χ2n) is 19.9. The van der Waals surface area contributed by atoms with E-state index in [0.717, 1.165) is 49.9 Å². The number of nitrogens with one attached hydrogen (secondary N) is 1. The minimum atomic E-state index is -0.988. The minimum Gasteiger partial charge on any atom is -0.480 e. The van der Waals surface area contributed by atoms with Crippen molar-refractivity contribution in [1.29, 1.82) is 0 Å². The molecule has 2 N–H and O–H groups in total. The van der Waals surface area contributed by atoms with Crippen LogP contribution in [0, 0.1) is 46.3 Å². The maximum absolute atomic E-state index is 12.9. The molecule has 0 heterocycles. The molecule has 0 saturated heterocycles. The highest BCUT2D eigenvalue weighted by atomic mass is 16.5. The van der Waals surface area contributed by atoms with Crippen LogP contribution in [0.25, 0.3) is 0 Å². The van der Waals surface area contributed by atoms with Gasteiger partial charge in [0.05, 0.1) is 0 Å². The van der Waals surface area contributed by atoms with E-state index >= 15 is 0 Å². The van der Waals surface area contributed by atoms with Gasteiger partial charge in [0.2, 0.25) is 5.91 Å². The number of fused-ring (bicyclic) bond motifs is 5. The molecule has 4 aliphatic carbocycles. The Balaban J connectivity index is 1.02. The molecule has 4 aliphatic rings. The number of carboxylic acid groups (broad SMARTS) is 1. The molecular weight excluding hydrogens is 695 g/mol. The van der Waals surface area contributed by atoms with Gasteiger partial charge >= 0.3 is 11.9 Å². The largest absolute Gasteiger partial charge is 0.480 e. The summed E-state index contributed by atoms with van der Waals surface area (Å²) in [5.41, 5.74) is 0.708. The normalized spacial score (nSPS) is 30.4. The Morgan fingerprint density at radius 3 is 1.89 bits per heavy atom. The lowest BCUT2D eigenvalue weighted by Gasteiger charge is -2.61. The Bertz CT molecular complexity index is 1180. The summed E-state index contributed by atoms with van der Waals surface area (Å²) in [7, 11) is 0. The molecule has 0 aromatic rings. The molecule has 56 heavy (non-hydrogen) atoms. The summed E-state index contributed by atoms with van der Waals surface area (Å²) in [5.74, 6) is 3.05. The van der Waals surface area contributed by atoms with Crippen molar-refractivity contribution in [2.75, 3.05) is 6.54 Å². The van der Waals surface area contributed by atoms with Crippen LogP contribution in [0.3, 0.4) is 0 Å². The molecule has 4 saturated carbocycles. The molecule has 0 spiro atoms. The fraction of sp³-hybridized carbons (Fsp3) is 0.900. The molecule has 4 rings (SSSR count). The number of allylic oxidation sites excluding steroid dienone is 2. The number of rotatable bonds is 28. The van der Waals surface area contributed by atoms with Crippen molar-refractivity contribution in [2.24, 2.45) is 46.3 Å². The maximum Gasteiger partial charge on any atom is 0.322 e. The van der Waals surface area contributed by atoms with Gasteiger partial charge in [-0.1, -0.05) is 130 Å². The number of hydrogen-bond donors (Lipinski definition) is 2. The molecule has 6 heteroatoms. The summed E-state index contributed by atoms with van der Waals surface area (Å²) < 4.78 is 6.16. The van der Waals surface area contributed by atoms with Crippen molar-refractivity contribution in [3.8, 4) is 0 Å². The number of carbonyl (C=O) groups is 3. The molecule has 6 nitrogen and oxygen atoms in total. The first-order valence-corrected chi connectivity index (χ1v) is 24.4. The predicted molar refractivity (Wildman–Crippen MR) is 231 cm³/mol. The van der Waals surface area contributed by atoms with Gasteiger partial charge in [-0.15, -0.1) is 0 Å². The topological polar surface area (TPSA) is 92.7 Å². The first-order valence-electron chi connectivity index (χ1n) is 24.4. The number of hydrogen-bond acceptors (Lipinski definition) is 4. The van der Waals surface area contributed by atoms with Crippen molar-refractivity contribution >= 4 is 17.8 Å². The third-order valence-electron chi connectivity index (χ3n) is 16.1. The van der Waals surface area contributed by atoms with E-state index in [9.17, 15) is 14.4 Å². The smallest absolute Gasteiger partial charge is 0.322 e. The van der Waals surface area contributed by atoms with Crippen LogP contribution in [0.2, 0.25) is 0 Å². The molecule has 0 radical (unpaired) electrons. The number of ether oxygens (including phenoxy) is 1. The van der Waals surface area contributed by atoms with E-state index < -0.39 is 5.97 Å². The second kappa shape index (κ2) is 24.9. The van der Waals surface area contributed by atoms with Crippen molar-refractivity contribution in [1.82, 2.24) is 5.32 Å². The summed E-state index contributed by atoms with van der Waals surface area (Å²) in [6.07, 6.45) is 43.0. The van der Waals surface area contributed by atoms with Crippen LogP contribution in [-0.4, -0.2) is 35.6 Å². The van der Waals surface area contributed by atoms with Crippen LogP contribution in [-0.2, 0) is 19.1 Å². The van der Waals surface area contributed by atoms with Gasteiger partial charge in [0.25, 0.3) is 0 Å².